The van der Waals surface area contributed by atoms with Crippen molar-refractivity contribution in [3.8, 4) is 5.88 Å². The van der Waals surface area contributed by atoms with Gasteiger partial charge in [-0.1, -0.05) is 23.2 Å². The molecule has 0 fully saturated rings. The second kappa shape index (κ2) is 4.20. The number of aromatic nitrogens is 3. The van der Waals surface area contributed by atoms with E-state index in [1.54, 1.807) is 6.20 Å². The van der Waals surface area contributed by atoms with Crippen LogP contribution in [0.25, 0.3) is 0 Å². The van der Waals surface area contributed by atoms with Crippen molar-refractivity contribution in [2.24, 2.45) is 0 Å². The van der Waals surface area contributed by atoms with Gasteiger partial charge in [-0.3, -0.25) is 0 Å². The molecule has 0 bridgehead atoms. The summed E-state index contributed by atoms with van der Waals surface area (Å²) in [5, 5.41) is 11.3. The standard InChI is InChI=1S/C11H9Cl2N3O/c12-9-3-6-1-8(2-7(6)4-10(9)13)17-11-5-14-16-15-11/h3-5,8H,1-2H2,(H,14,15,16). The van der Waals surface area contributed by atoms with Crippen molar-refractivity contribution in [2.75, 3.05) is 0 Å². The molecule has 4 nitrogen and oxygen atoms in total. The summed E-state index contributed by atoms with van der Waals surface area (Å²) in [7, 11) is 0. The van der Waals surface area contributed by atoms with E-state index in [0.717, 1.165) is 12.8 Å². The molecule has 0 unspecified atom stereocenters. The van der Waals surface area contributed by atoms with Crippen LogP contribution < -0.4 is 4.74 Å². The van der Waals surface area contributed by atoms with E-state index in [9.17, 15) is 0 Å². The summed E-state index contributed by atoms with van der Waals surface area (Å²) in [4.78, 5) is 0. The number of fused-ring (bicyclic) bond motifs is 1. The van der Waals surface area contributed by atoms with E-state index in [2.05, 4.69) is 15.4 Å². The zero-order chi connectivity index (χ0) is 11.8. The molecule has 0 atom stereocenters. The Morgan fingerprint density at radius 3 is 2.35 bits per heavy atom. The third kappa shape index (κ3) is 2.10. The molecule has 1 heterocycles. The number of ether oxygens (including phenoxy) is 1. The number of aromatic amines is 1. The number of nitrogens with one attached hydrogen (secondary N) is 1. The maximum atomic E-state index is 5.98. The second-order valence-corrected chi connectivity index (χ2v) is 4.81. The molecular formula is C11H9Cl2N3O. The van der Waals surface area contributed by atoms with Crippen LogP contribution in [0.1, 0.15) is 11.1 Å². The molecule has 1 aliphatic rings. The third-order valence-corrected chi connectivity index (χ3v) is 3.54. The summed E-state index contributed by atoms with van der Waals surface area (Å²) in [6.45, 7) is 0. The first-order valence-corrected chi connectivity index (χ1v) is 5.97. The van der Waals surface area contributed by atoms with Crippen molar-refractivity contribution in [2.45, 2.75) is 18.9 Å². The first kappa shape index (κ1) is 10.9. The van der Waals surface area contributed by atoms with Crippen LogP contribution >= 0.6 is 23.2 Å². The predicted octanol–water partition coefficient (Wildman–Crippen LogP) is 2.66. The number of H-pyrrole nitrogens is 1. The van der Waals surface area contributed by atoms with Gasteiger partial charge in [0.15, 0.2) is 0 Å². The molecule has 0 saturated carbocycles. The zero-order valence-corrected chi connectivity index (χ0v) is 10.3. The smallest absolute Gasteiger partial charge is 0.253 e. The van der Waals surface area contributed by atoms with Gasteiger partial charge in [0.05, 0.1) is 10.0 Å². The predicted molar refractivity (Wildman–Crippen MR) is 64.7 cm³/mol. The fourth-order valence-corrected chi connectivity index (χ4v) is 2.45. The van der Waals surface area contributed by atoms with Gasteiger partial charge in [0.25, 0.3) is 5.88 Å². The summed E-state index contributed by atoms with van der Waals surface area (Å²) in [6, 6.07) is 3.82. The van der Waals surface area contributed by atoms with Crippen molar-refractivity contribution >= 4 is 23.2 Å². The highest BCUT2D eigenvalue weighted by atomic mass is 35.5. The lowest BCUT2D eigenvalue weighted by Gasteiger charge is -2.08. The van der Waals surface area contributed by atoms with Gasteiger partial charge in [0, 0.05) is 12.8 Å². The largest absolute Gasteiger partial charge is 0.471 e. The monoisotopic (exact) mass is 269 g/mol. The number of nitrogens with zero attached hydrogens (tertiary/aromatic N) is 2. The average Bonchev–Trinajstić information content (AvgIpc) is 2.89. The Labute approximate surface area is 108 Å². The van der Waals surface area contributed by atoms with Gasteiger partial charge in [-0.25, -0.2) is 0 Å². The highest BCUT2D eigenvalue weighted by Crippen LogP contribution is 2.32. The highest BCUT2D eigenvalue weighted by molar-refractivity contribution is 6.42. The first-order valence-electron chi connectivity index (χ1n) is 5.21. The second-order valence-electron chi connectivity index (χ2n) is 3.99. The Balaban J connectivity index is 1.79. The minimum atomic E-state index is 0.0737. The van der Waals surface area contributed by atoms with E-state index in [4.69, 9.17) is 27.9 Å². The Kier molecular flexibility index (Phi) is 2.68. The molecule has 1 N–H and O–H groups in total. The molecular weight excluding hydrogens is 261 g/mol. The molecule has 0 amide bonds. The van der Waals surface area contributed by atoms with E-state index >= 15 is 0 Å². The van der Waals surface area contributed by atoms with E-state index in [1.807, 2.05) is 12.1 Å². The molecule has 1 aromatic carbocycles. The summed E-state index contributed by atoms with van der Waals surface area (Å²) < 4.78 is 5.69. The Morgan fingerprint density at radius 2 is 1.82 bits per heavy atom. The molecule has 0 aliphatic heterocycles. The van der Waals surface area contributed by atoms with Crippen LogP contribution in [0.4, 0.5) is 0 Å². The minimum absolute atomic E-state index is 0.0737. The van der Waals surface area contributed by atoms with Gasteiger partial charge in [-0.05, 0) is 23.3 Å². The number of rotatable bonds is 2. The van der Waals surface area contributed by atoms with Gasteiger partial charge in [-0.15, -0.1) is 5.10 Å². The Hall–Kier alpha value is -1.26. The zero-order valence-electron chi connectivity index (χ0n) is 8.78. The lowest BCUT2D eigenvalue weighted by Crippen LogP contribution is -2.16. The Morgan fingerprint density at radius 1 is 1.18 bits per heavy atom. The van der Waals surface area contributed by atoms with Crippen molar-refractivity contribution in [3.05, 3.63) is 39.5 Å². The molecule has 1 aromatic heterocycles. The molecule has 17 heavy (non-hydrogen) atoms. The fourth-order valence-electron chi connectivity index (χ4n) is 2.07. The van der Waals surface area contributed by atoms with Crippen LogP contribution in [0.2, 0.25) is 10.0 Å². The van der Waals surface area contributed by atoms with E-state index in [-0.39, 0.29) is 6.10 Å². The van der Waals surface area contributed by atoms with E-state index < -0.39 is 0 Å². The topological polar surface area (TPSA) is 50.8 Å². The molecule has 88 valence electrons. The van der Waals surface area contributed by atoms with Crippen molar-refractivity contribution in [1.29, 1.82) is 0 Å². The first-order chi connectivity index (χ1) is 8.22. The lowest BCUT2D eigenvalue weighted by atomic mass is 10.1. The van der Waals surface area contributed by atoms with E-state index in [0.29, 0.717) is 15.9 Å². The molecule has 0 radical (unpaired) electrons. The van der Waals surface area contributed by atoms with Crippen LogP contribution in [0.5, 0.6) is 5.88 Å². The molecule has 1 aliphatic carbocycles. The van der Waals surface area contributed by atoms with Crippen molar-refractivity contribution < 1.29 is 4.74 Å². The molecule has 0 saturated heterocycles. The Bertz CT molecular complexity index is 511. The maximum absolute atomic E-state index is 5.98. The van der Waals surface area contributed by atoms with Crippen LogP contribution in [-0.4, -0.2) is 21.5 Å². The minimum Gasteiger partial charge on any atom is -0.471 e. The lowest BCUT2D eigenvalue weighted by molar-refractivity contribution is 0.205. The number of halogens is 2. The number of hydrogen-bond acceptors (Lipinski definition) is 3. The van der Waals surface area contributed by atoms with Crippen LogP contribution in [0.15, 0.2) is 18.3 Å². The van der Waals surface area contributed by atoms with Gasteiger partial charge in [0.1, 0.15) is 12.3 Å². The van der Waals surface area contributed by atoms with Crippen molar-refractivity contribution in [1.82, 2.24) is 15.4 Å². The normalized spacial score (nSPS) is 14.9. The van der Waals surface area contributed by atoms with Crippen molar-refractivity contribution in [3.63, 3.8) is 0 Å². The van der Waals surface area contributed by atoms with E-state index in [1.165, 1.54) is 11.1 Å². The van der Waals surface area contributed by atoms with Gasteiger partial charge in [-0.2, -0.15) is 10.3 Å². The fraction of sp³-hybridized carbons (Fsp3) is 0.273. The molecule has 3 rings (SSSR count). The highest BCUT2D eigenvalue weighted by Gasteiger charge is 2.24. The molecule has 0 spiro atoms. The average molecular weight is 270 g/mol. The number of benzene rings is 1. The van der Waals surface area contributed by atoms with Crippen LogP contribution in [-0.2, 0) is 12.8 Å². The SMILES string of the molecule is Clc1cc2c(cc1Cl)CC(Oc1cn[nH]n1)C2. The van der Waals surface area contributed by atoms with Crippen LogP contribution in [0, 0.1) is 0 Å². The third-order valence-electron chi connectivity index (χ3n) is 2.82. The van der Waals surface area contributed by atoms with Crippen LogP contribution in [0.3, 0.4) is 0 Å². The quantitative estimate of drug-likeness (QED) is 0.912. The summed E-state index contributed by atoms with van der Waals surface area (Å²) in [5.41, 5.74) is 2.38. The summed E-state index contributed by atoms with van der Waals surface area (Å²) in [5.74, 6) is 0.514. The molecule has 6 heteroatoms. The molecule has 2 aromatic rings. The van der Waals surface area contributed by atoms with Gasteiger partial charge >= 0.3 is 0 Å². The van der Waals surface area contributed by atoms with Gasteiger partial charge in [0.2, 0.25) is 0 Å². The van der Waals surface area contributed by atoms with Gasteiger partial charge < -0.3 is 4.74 Å². The summed E-state index contributed by atoms with van der Waals surface area (Å²) >= 11 is 12.0. The maximum Gasteiger partial charge on any atom is 0.253 e. The number of hydrogen-bond donors (Lipinski definition) is 1. The summed E-state index contributed by atoms with van der Waals surface area (Å²) in [6.07, 6.45) is 3.27.